The highest BCUT2D eigenvalue weighted by molar-refractivity contribution is 5.89. The predicted octanol–water partition coefficient (Wildman–Crippen LogP) is 4.88. The summed E-state index contributed by atoms with van der Waals surface area (Å²) in [6.07, 6.45) is -1.56. The van der Waals surface area contributed by atoms with E-state index in [1.807, 2.05) is 78.9 Å². The number of methoxy groups -OCH3 is 1. The average molecular weight is 575 g/mol. The van der Waals surface area contributed by atoms with Gasteiger partial charge in [-0.05, 0) is 48.6 Å². The van der Waals surface area contributed by atoms with Gasteiger partial charge in [-0.1, -0.05) is 78.9 Å². The van der Waals surface area contributed by atoms with Crippen LogP contribution in [0.4, 0.5) is 4.79 Å². The Kier molecular flexibility index (Phi) is 9.98. The van der Waals surface area contributed by atoms with Gasteiger partial charge in [-0.25, -0.2) is 9.59 Å². The summed E-state index contributed by atoms with van der Waals surface area (Å²) < 4.78 is 16.9. The molecule has 9 heteroatoms. The average Bonchev–Trinajstić information content (AvgIpc) is 3.31. The molecule has 3 atom stereocenters. The first-order valence-corrected chi connectivity index (χ1v) is 13.9. The first kappa shape index (κ1) is 30.7. The lowest BCUT2D eigenvalue weighted by Crippen LogP contribution is -2.56. The van der Waals surface area contributed by atoms with E-state index in [4.69, 9.17) is 14.2 Å². The second-order valence-corrected chi connectivity index (χ2v) is 11.0. The van der Waals surface area contributed by atoms with Gasteiger partial charge in [-0.3, -0.25) is 4.79 Å². The monoisotopic (exact) mass is 574 g/mol. The van der Waals surface area contributed by atoms with Crippen LogP contribution in [0.5, 0.6) is 0 Å². The van der Waals surface area contributed by atoms with Crippen molar-refractivity contribution in [3.63, 3.8) is 0 Å². The standard InChI is InChI=1S/C33H38N2O7/c1-21(41-19-22-12-6-5-7-13-22)29(31(37)38)35-30(36)28(18-33(2,3)40-4)34-32(39)42-20-27-25-16-10-8-14-23(25)24-15-9-11-17-26(24)27/h5-17,21,27-29H,18-20H2,1-4H3,(H,34,39)(H,35,36)(H,37,38). The van der Waals surface area contributed by atoms with Crippen LogP contribution in [0.1, 0.15) is 49.8 Å². The van der Waals surface area contributed by atoms with E-state index in [1.54, 1.807) is 20.8 Å². The van der Waals surface area contributed by atoms with E-state index in [0.717, 1.165) is 27.8 Å². The predicted molar refractivity (Wildman–Crippen MR) is 158 cm³/mol. The highest BCUT2D eigenvalue weighted by Gasteiger charge is 2.35. The van der Waals surface area contributed by atoms with E-state index in [1.165, 1.54) is 7.11 Å². The molecule has 3 aromatic rings. The fourth-order valence-electron chi connectivity index (χ4n) is 5.10. The number of fused-ring (bicyclic) bond motifs is 3. The lowest BCUT2D eigenvalue weighted by atomic mass is 9.97. The lowest BCUT2D eigenvalue weighted by Gasteiger charge is -2.30. The van der Waals surface area contributed by atoms with Crippen molar-refractivity contribution < 1.29 is 33.7 Å². The smallest absolute Gasteiger partial charge is 0.407 e. The summed E-state index contributed by atoms with van der Waals surface area (Å²) >= 11 is 0. The Morgan fingerprint density at radius 2 is 1.45 bits per heavy atom. The summed E-state index contributed by atoms with van der Waals surface area (Å²) in [6.45, 7) is 5.37. The Morgan fingerprint density at radius 1 is 0.881 bits per heavy atom. The van der Waals surface area contributed by atoms with Gasteiger partial charge in [-0.2, -0.15) is 0 Å². The molecule has 0 saturated heterocycles. The van der Waals surface area contributed by atoms with Crippen LogP contribution in [0.15, 0.2) is 78.9 Å². The highest BCUT2D eigenvalue weighted by Crippen LogP contribution is 2.44. The van der Waals surface area contributed by atoms with Crippen molar-refractivity contribution in [2.75, 3.05) is 13.7 Å². The van der Waals surface area contributed by atoms with Crippen molar-refractivity contribution >= 4 is 18.0 Å². The van der Waals surface area contributed by atoms with Crippen LogP contribution < -0.4 is 10.6 Å². The molecule has 4 rings (SSSR count). The van der Waals surface area contributed by atoms with Gasteiger partial charge in [0.15, 0.2) is 6.04 Å². The molecule has 222 valence electrons. The van der Waals surface area contributed by atoms with Crippen LogP contribution in [-0.2, 0) is 30.4 Å². The number of hydrogen-bond acceptors (Lipinski definition) is 6. The molecule has 3 aromatic carbocycles. The number of carboxylic acid groups (broad SMARTS) is 1. The van der Waals surface area contributed by atoms with Crippen LogP contribution >= 0.6 is 0 Å². The van der Waals surface area contributed by atoms with Crippen LogP contribution in [0, 0.1) is 0 Å². The van der Waals surface area contributed by atoms with E-state index in [9.17, 15) is 19.5 Å². The molecule has 0 fully saturated rings. The van der Waals surface area contributed by atoms with Crippen molar-refractivity contribution in [1.82, 2.24) is 10.6 Å². The maximum atomic E-state index is 13.4. The van der Waals surface area contributed by atoms with Gasteiger partial charge in [0.2, 0.25) is 5.91 Å². The lowest BCUT2D eigenvalue weighted by molar-refractivity contribution is -0.147. The second kappa shape index (κ2) is 13.6. The number of amides is 2. The van der Waals surface area contributed by atoms with Crippen molar-refractivity contribution in [3.05, 3.63) is 95.6 Å². The van der Waals surface area contributed by atoms with Gasteiger partial charge >= 0.3 is 12.1 Å². The summed E-state index contributed by atoms with van der Waals surface area (Å²) in [5.74, 6) is -2.09. The van der Waals surface area contributed by atoms with E-state index in [-0.39, 0.29) is 25.6 Å². The number of hydrogen-bond donors (Lipinski definition) is 3. The molecular weight excluding hydrogens is 536 g/mol. The van der Waals surface area contributed by atoms with E-state index in [2.05, 4.69) is 10.6 Å². The number of rotatable bonds is 13. The van der Waals surface area contributed by atoms with E-state index < -0.39 is 41.8 Å². The quantitative estimate of drug-likeness (QED) is 0.266. The third kappa shape index (κ3) is 7.54. The number of carbonyl (C=O) groups is 3. The molecule has 2 amide bonds. The summed E-state index contributed by atoms with van der Waals surface area (Å²) in [5.41, 5.74) is 4.41. The summed E-state index contributed by atoms with van der Waals surface area (Å²) in [5, 5.41) is 15.0. The maximum Gasteiger partial charge on any atom is 0.407 e. The first-order valence-electron chi connectivity index (χ1n) is 13.9. The molecule has 0 spiro atoms. The molecule has 1 aliphatic carbocycles. The van der Waals surface area contributed by atoms with Crippen LogP contribution in [-0.4, -0.2) is 60.6 Å². The molecule has 3 unspecified atom stereocenters. The first-order chi connectivity index (χ1) is 20.1. The SMILES string of the molecule is COC(C)(C)CC(NC(=O)OCC1c2ccccc2-c2ccccc21)C(=O)NC(C(=O)O)C(C)OCc1ccccc1. The number of carbonyl (C=O) groups excluding carboxylic acids is 2. The Labute approximate surface area is 246 Å². The maximum absolute atomic E-state index is 13.4. The molecule has 42 heavy (non-hydrogen) atoms. The fourth-order valence-corrected chi connectivity index (χ4v) is 5.10. The Balaban J connectivity index is 1.42. The molecular formula is C33H38N2O7. The number of benzene rings is 3. The second-order valence-electron chi connectivity index (χ2n) is 11.0. The zero-order valence-corrected chi connectivity index (χ0v) is 24.3. The van der Waals surface area contributed by atoms with Gasteiger partial charge in [0.25, 0.3) is 0 Å². The molecule has 0 saturated carbocycles. The van der Waals surface area contributed by atoms with Gasteiger partial charge in [0.05, 0.1) is 18.3 Å². The molecule has 0 aromatic heterocycles. The van der Waals surface area contributed by atoms with Crippen molar-refractivity contribution in [2.24, 2.45) is 0 Å². The molecule has 0 radical (unpaired) electrons. The highest BCUT2D eigenvalue weighted by atomic mass is 16.5. The van der Waals surface area contributed by atoms with Crippen LogP contribution in [0.25, 0.3) is 11.1 Å². The van der Waals surface area contributed by atoms with Crippen molar-refractivity contribution in [2.45, 2.75) is 63.5 Å². The zero-order chi connectivity index (χ0) is 30.3. The van der Waals surface area contributed by atoms with Crippen molar-refractivity contribution in [1.29, 1.82) is 0 Å². The van der Waals surface area contributed by atoms with Gasteiger partial charge < -0.3 is 30.0 Å². The summed E-state index contributed by atoms with van der Waals surface area (Å²) in [6, 6.07) is 22.8. The normalized spacial score (nSPS) is 14.7. The van der Waals surface area contributed by atoms with E-state index in [0.29, 0.717) is 0 Å². The summed E-state index contributed by atoms with van der Waals surface area (Å²) in [4.78, 5) is 38.5. The van der Waals surface area contributed by atoms with Gasteiger partial charge in [-0.15, -0.1) is 0 Å². The topological polar surface area (TPSA) is 123 Å². The number of alkyl carbamates (subject to hydrolysis) is 1. The molecule has 0 aliphatic heterocycles. The third-order valence-electron chi connectivity index (χ3n) is 7.59. The number of ether oxygens (including phenoxy) is 3. The van der Waals surface area contributed by atoms with Crippen LogP contribution in [0.2, 0.25) is 0 Å². The minimum atomic E-state index is -1.35. The third-order valence-corrected chi connectivity index (χ3v) is 7.59. The van der Waals surface area contributed by atoms with Gasteiger partial charge in [0, 0.05) is 19.4 Å². The molecule has 3 N–H and O–H groups in total. The molecule has 1 aliphatic rings. The minimum Gasteiger partial charge on any atom is -0.480 e. The number of aliphatic carboxylic acids is 1. The summed E-state index contributed by atoms with van der Waals surface area (Å²) in [7, 11) is 1.50. The number of carboxylic acids is 1. The van der Waals surface area contributed by atoms with Gasteiger partial charge in [0.1, 0.15) is 12.6 Å². The fraction of sp³-hybridized carbons (Fsp3) is 0.364. The Morgan fingerprint density at radius 3 is 2.02 bits per heavy atom. The van der Waals surface area contributed by atoms with E-state index >= 15 is 0 Å². The molecule has 0 heterocycles. The zero-order valence-electron chi connectivity index (χ0n) is 24.3. The molecule has 0 bridgehead atoms. The Bertz CT molecular complexity index is 1350. The van der Waals surface area contributed by atoms with Crippen LogP contribution in [0.3, 0.4) is 0 Å². The number of nitrogens with one attached hydrogen (secondary N) is 2. The molecule has 9 nitrogen and oxygen atoms in total. The van der Waals surface area contributed by atoms with Crippen molar-refractivity contribution in [3.8, 4) is 11.1 Å². The largest absolute Gasteiger partial charge is 0.480 e. The minimum absolute atomic E-state index is 0.0734. The Hall–Kier alpha value is -4.21.